The Morgan fingerprint density at radius 3 is 2.76 bits per heavy atom. The van der Waals surface area contributed by atoms with Crippen LogP contribution in [0.15, 0.2) is 18.2 Å². The van der Waals surface area contributed by atoms with Gasteiger partial charge < -0.3 is 20.1 Å². The molecule has 1 rings (SSSR count). The maximum Gasteiger partial charge on any atom is 0.257 e. The second kappa shape index (κ2) is 8.64. The molecule has 0 bridgehead atoms. The Morgan fingerprint density at radius 2 is 2.14 bits per heavy atom. The first-order valence-electron chi connectivity index (χ1n) is 7.30. The number of hydrogen-bond acceptors (Lipinski definition) is 4. The number of nitrogens with two attached hydrogens (primary N) is 1. The zero-order chi connectivity index (χ0) is 15.8. The van der Waals surface area contributed by atoms with Gasteiger partial charge in [0.2, 0.25) is 0 Å². The molecule has 2 N–H and O–H groups in total. The van der Waals surface area contributed by atoms with Crippen LogP contribution in [-0.4, -0.2) is 50.3 Å². The van der Waals surface area contributed by atoms with Crippen LogP contribution in [-0.2, 0) is 4.74 Å². The molecule has 0 aliphatic rings. The van der Waals surface area contributed by atoms with E-state index in [1.807, 2.05) is 39.0 Å². The van der Waals surface area contributed by atoms with Gasteiger partial charge in [-0.15, -0.1) is 0 Å². The number of nitrogens with zero attached hydrogens (tertiary/aromatic N) is 1. The molecule has 0 spiro atoms. The molecule has 118 valence electrons. The summed E-state index contributed by atoms with van der Waals surface area (Å²) in [5.41, 5.74) is 7.04. The lowest BCUT2D eigenvalue weighted by Crippen LogP contribution is -2.34. The van der Waals surface area contributed by atoms with Crippen molar-refractivity contribution in [1.29, 1.82) is 0 Å². The average molecular weight is 294 g/mol. The maximum atomic E-state index is 12.6. The third-order valence-electron chi connectivity index (χ3n) is 3.07. The van der Waals surface area contributed by atoms with E-state index in [9.17, 15) is 4.79 Å². The predicted molar refractivity (Wildman–Crippen MR) is 83.8 cm³/mol. The summed E-state index contributed by atoms with van der Waals surface area (Å²) in [5.74, 6) is 0.504. The predicted octanol–water partition coefficient (Wildman–Crippen LogP) is 1.83. The number of carbonyl (C=O) groups is 1. The minimum Gasteiger partial charge on any atom is -0.491 e. The lowest BCUT2D eigenvalue weighted by atomic mass is 10.1. The number of benzene rings is 1. The number of amides is 1. The van der Waals surface area contributed by atoms with Gasteiger partial charge in [0.25, 0.3) is 5.91 Å². The first kappa shape index (κ1) is 17.5. The van der Waals surface area contributed by atoms with Crippen molar-refractivity contribution in [1.82, 2.24) is 4.90 Å². The van der Waals surface area contributed by atoms with Gasteiger partial charge in [-0.3, -0.25) is 4.79 Å². The number of ether oxygens (including phenoxy) is 2. The standard InChI is InChI=1S/C16H26N2O3/c1-5-20-13(3)11-18(4)16(19)14-10-12(2)6-7-15(14)21-9-8-17/h6-7,10,13H,5,8-9,11,17H2,1-4H3/t13-/m1/s1. The van der Waals surface area contributed by atoms with Gasteiger partial charge in [-0.1, -0.05) is 11.6 Å². The van der Waals surface area contributed by atoms with Crippen LogP contribution in [0.4, 0.5) is 0 Å². The largest absolute Gasteiger partial charge is 0.491 e. The third-order valence-corrected chi connectivity index (χ3v) is 3.07. The molecule has 0 saturated heterocycles. The first-order chi connectivity index (χ1) is 9.99. The lowest BCUT2D eigenvalue weighted by molar-refractivity contribution is 0.0434. The Labute approximate surface area is 127 Å². The van der Waals surface area contributed by atoms with Gasteiger partial charge in [0.05, 0.1) is 11.7 Å². The van der Waals surface area contributed by atoms with E-state index in [1.54, 1.807) is 11.9 Å². The van der Waals surface area contributed by atoms with Crippen LogP contribution < -0.4 is 10.5 Å². The maximum absolute atomic E-state index is 12.6. The summed E-state index contributed by atoms with van der Waals surface area (Å²) in [7, 11) is 1.77. The van der Waals surface area contributed by atoms with Gasteiger partial charge >= 0.3 is 0 Å². The SMILES string of the molecule is CCO[C@H](C)CN(C)C(=O)c1cc(C)ccc1OCCN. The Balaban J connectivity index is 2.86. The number of rotatable bonds is 8. The molecule has 1 amide bonds. The van der Waals surface area contributed by atoms with Gasteiger partial charge in [0.15, 0.2) is 0 Å². The van der Waals surface area contributed by atoms with Crippen LogP contribution in [0.25, 0.3) is 0 Å². The Hall–Kier alpha value is -1.59. The normalized spacial score (nSPS) is 12.0. The number of hydrogen-bond donors (Lipinski definition) is 1. The van der Waals surface area contributed by atoms with Gasteiger partial charge in [0.1, 0.15) is 12.4 Å². The van der Waals surface area contributed by atoms with Crippen molar-refractivity contribution in [2.45, 2.75) is 26.9 Å². The van der Waals surface area contributed by atoms with E-state index in [1.165, 1.54) is 0 Å². The topological polar surface area (TPSA) is 64.8 Å². The molecule has 1 atom stereocenters. The molecule has 0 heterocycles. The number of carbonyl (C=O) groups excluding carboxylic acids is 1. The molecule has 1 aromatic rings. The van der Waals surface area contributed by atoms with Crippen molar-refractivity contribution in [2.24, 2.45) is 5.73 Å². The van der Waals surface area contributed by atoms with E-state index in [-0.39, 0.29) is 12.0 Å². The molecule has 0 aliphatic carbocycles. The quantitative estimate of drug-likeness (QED) is 0.794. The molecule has 0 aromatic heterocycles. The minimum absolute atomic E-state index is 0.00201. The summed E-state index contributed by atoms with van der Waals surface area (Å²) >= 11 is 0. The summed E-state index contributed by atoms with van der Waals surface area (Å²) < 4.78 is 11.0. The molecule has 5 nitrogen and oxygen atoms in total. The fraction of sp³-hybridized carbons (Fsp3) is 0.562. The second-order valence-electron chi connectivity index (χ2n) is 5.09. The fourth-order valence-electron chi connectivity index (χ4n) is 2.12. The van der Waals surface area contributed by atoms with Crippen molar-refractivity contribution in [2.75, 3.05) is 33.4 Å². The highest BCUT2D eigenvalue weighted by atomic mass is 16.5. The summed E-state index contributed by atoms with van der Waals surface area (Å²) in [6, 6.07) is 5.58. The van der Waals surface area contributed by atoms with Crippen molar-refractivity contribution in [3.8, 4) is 5.75 Å². The molecule has 0 fully saturated rings. The summed E-state index contributed by atoms with van der Waals surface area (Å²) in [5, 5.41) is 0. The number of likely N-dealkylation sites (N-methyl/N-ethyl adjacent to an activating group) is 1. The highest BCUT2D eigenvalue weighted by Gasteiger charge is 2.19. The van der Waals surface area contributed by atoms with E-state index >= 15 is 0 Å². The summed E-state index contributed by atoms with van der Waals surface area (Å²) in [6.07, 6.45) is 0.00201. The molecule has 21 heavy (non-hydrogen) atoms. The highest BCUT2D eigenvalue weighted by Crippen LogP contribution is 2.21. The van der Waals surface area contributed by atoms with Crippen LogP contribution >= 0.6 is 0 Å². The average Bonchev–Trinajstić information content (AvgIpc) is 2.45. The van der Waals surface area contributed by atoms with E-state index in [4.69, 9.17) is 15.2 Å². The van der Waals surface area contributed by atoms with Crippen molar-refractivity contribution in [3.63, 3.8) is 0 Å². The lowest BCUT2D eigenvalue weighted by Gasteiger charge is -2.23. The van der Waals surface area contributed by atoms with Gasteiger partial charge in [-0.05, 0) is 32.9 Å². The smallest absolute Gasteiger partial charge is 0.257 e. The minimum atomic E-state index is -0.0720. The molecule has 0 aliphatic heterocycles. The van der Waals surface area contributed by atoms with Crippen LogP contribution in [0.2, 0.25) is 0 Å². The summed E-state index contributed by atoms with van der Waals surface area (Å²) in [6.45, 7) is 7.83. The molecule has 0 saturated carbocycles. The zero-order valence-electron chi connectivity index (χ0n) is 13.4. The van der Waals surface area contributed by atoms with Crippen molar-refractivity contribution >= 4 is 5.91 Å². The van der Waals surface area contributed by atoms with E-state index < -0.39 is 0 Å². The van der Waals surface area contributed by atoms with E-state index in [0.29, 0.717) is 37.6 Å². The molecule has 0 unspecified atom stereocenters. The monoisotopic (exact) mass is 294 g/mol. The van der Waals surface area contributed by atoms with E-state index in [0.717, 1.165) is 5.56 Å². The second-order valence-corrected chi connectivity index (χ2v) is 5.09. The highest BCUT2D eigenvalue weighted by molar-refractivity contribution is 5.97. The molecular formula is C16H26N2O3. The fourth-order valence-corrected chi connectivity index (χ4v) is 2.12. The first-order valence-corrected chi connectivity index (χ1v) is 7.30. The van der Waals surface area contributed by atoms with E-state index in [2.05, 4.69) is 0 Å². The van der Waals surface area contributed by atoms with Crippen molar-refractivity contribution in [3.05, 3.63) is 29.3 Å². The third kappa shape index (κ3) is 5.36. The summed E-state index contributed by atoms with van der Waals surface area (Å²) in [4.78, 5) is 14.2. The zero-order valence-corrected chi connectivity index (χ0v) is 13.4. The Bertz CT molecular complexity index is 463. The van der Waals surface area contributed by atoms with Crippen LogP contribution in [0.5, 0.6) is 5.75 Å². The van der Waals surface area contributed by atoms with Crippen LogP contribution in [0.3, 0.4) is 0 Å². The molecule has 5 heteroatoms. The van der Waals surface area contributed by atoms with Crippen LogP contribution in [0.1, 0.15) is 29.8 Å². The van der Waals surface area contributed by atoms with Gasteiger partial charge in [0, 0.05) is 26.7 Å². The molecular weight excluding hydrogens is 268 g/mol. The number of aryl methyl sites for hydroxylation is 1. The van der Waals surface area contributed by atoms with Crippen LogP contribution in [0, 0.1) is 6.92 Å². The Kier molecular flexibility index (Phi) is 7.19. The molecule has 0 radical (unpaired) electrons. The van der Waals surface area contributed by atoms with Gasteiger partial charge in [-0.2, -0.15) is 0 Å². The molecule has 1 aromatic carbocycles. The van der Waals surface area contributed by atoms with Gasteiger partial charge in [-0.25, -0.2) is 0 Å². The Morgan fingerprint density at radius 1 is 1.43 bits per heavy atom. The van der Waals surface area contributed by atoms with Crippen molar-refractivity contribution < 1.29 is 14.3 Å².